The van der Waals surface area contributed by atoms with Gasteiger partial charge < -0.3 is 4.57 Å². The molecule has 0 radical (unpaired) electrons. The molecule has 11 rings (SSSR count). The number of hydrogen-bond acceptors (Lipinski definition) is 0. The lowest BCUT2D eigenvalue weighted by atomic mass is 9.73. The van der Waals surface area contributed by atoms with Gasteiger partial charge in [0.1, 0.15) is 0 Å². The minimum Gasteiger partial charge on any atom is -0.309 e. The molecular weight excluding hydrogens is 627 g/mol. The number of nitrogens with zero attached hydrogens (tertiary/aromatic N) is 1. The summed E-state index contributed by atoms with van der Waals surface area (Å²) in [6.45, 7) is 4.85. The Balaban J connectivity index is 1.22. The van der Waals surface area contributed by atoms with Crippen molar-refractivity contribution in [2.75, 3.05) is 0 Å². The zero-order valence-electron chi connectivity index (χ0n) is 29.4. The van der Waals surface area contributed by atoms with Crippen molar-refractivity contribution in [1.29, 1.82) is 0 Å². The molecule has 0 N–H and O–H groups in total. The fourth-order valence-corrected chi connectivity index (χ4v) is 9.42. The minimum atomic E-state index is -0.245. The van der Waals surface area contributed by atoms with Crippen LogP contribution in [0.4, 0.5) is 0 Å². The molecule has 0 spiro atoms. The van der Waals surface area contributed by atoms with Crippen LogP contribution in [0.2, 0.25) is 0 Å². The average Bonchev–Trinajstić information content (AvgIpc) is 3.52. The van der Waals surface area contributed by atoms with Gasteiger partial charge in [-0.3, -0.25) is 0 Å². The number of aromatic nitrogens is 1. The molecule has 0 amide bonds. The maximum Gasteiger partial charge on any atom is 0.0582 e. The summed E-state index contributed by atoms with van der Waals surface area (Å²) in [5.41, 5.74) is 16.8. The number of rotatable bonds is 3. The first-order valence-electron chi connectivity index (χ1n) is 18.6. The molecule has 0 unspecified atom stereocenters. The van der Waals surface area contributed by atoms with E-state index in [4.69, 9.17) is 0 Å². The summed E-state index contributed by atoms with van der Waals surface area (Å²) in [7, 11) is 0. The molecular formula is C51H37N. The van der Waals surface area contributed by atoms with Crippen LogP contribution >= 0.6 is 0 Å². The Morgan fingerprint density at radius 2 is 1.12 bits per heavy atom. The van der Waals surface area contributed by atoms with Gasteiger partial charge in [-0.2, -0.15) is 0 Å². The smallest absolute Gasteiger partial charge is 0.0582 e. The van der Waals surface area contributed by atoms with Gasteiger partial charge in [0.05, 0.1) is 16.7 Å². The first-order chi connectivity index (χ1) is 25.5. The largest absolute Gasteiger partial charge is 0.309 e. The van der Waals surface area contributed by atoms with E-state index >= 15 is 0 Å². The Morgan fingerprint density at radius 1 is 0.500 bits per heavy atom. The number of aryl methyl sites for hydroxylation is 1. The summed E-state index contributed by atoms with van der Waals surface area (Å²) in [6.07, 6.45) is 6.87. The molecule has 1 aliphatic heterocycles. The highest BCUT2D eigenvalue weighted by molar-refractivity contribution is 6.15. The summed E-state index contributed by atoms with van der Waals surface area (Å²) in [4.78, 5) is 0. The van der Waals surface area contributed by atoms with Crippen molar-refractivity contribution in [1.82, 2.24) is 4.57 Å². The fraction of sp³-hybridized carbons (Fsp3) is 0.0980. The molecule has 8 aromatic carbocycles. The van der Waals surface area contributed by atoms with Crippen LogP contribution in [0.3, 0.4) is 0 Å². The second kappa shape index (κ2) is 10.9. The van der Waals surface area contributed by atoms with Crippen LogP contribution in [0.5, 0.6) is 0 Å². The summed E-state index contributed by atoms with van der Waals surface area (Å²) in [5, 5.41) is 7.73. The van der Waals surface area contributed by atoms with Crippen molar-refractivity contribution >= 4 is 49.4 Å². The lowest BCUT2D eigenvalue weighted by molar-refractivity contribution is 0.630. The van der Waals surface area contributed by atoms with Crippen LogP contribution in [0.15, 0.2) is 158 Å². The molecule has 0 saturated heterocycles. The Hall–Kier alpha value is -6.18. The summed E-state index contributed by atoms with van der Waals surface area (Å²) >= 11 is 0. The van der Waals surface area contributed by atoms with Gasteiger partial charge in [0.25, 0.3) is 0 Å². The predicted octanol–water partition coefficient (Wildman–Crippen LogP) is 13.7. The van der Waals surface area contributed by atoms with Gasteiger partial charge in [-0.15, -0.1) is 0 Å². The lowest BCUT2D eigenvalue weighted by Gasteiger charge is -2.35. The van der Waals surface area contributed by atoms with Gasteiger partial charge in [0, 0.05) is 16.2 Å². The van der Waals surface area contributed by atoms with Crippen LogP contribution in [0.1, 0.15) is 42.5 Å². The first-order valence-corrected chi connectivity index (χ1v) is 18.6. The minimum absolute atomic E-state index is 0.245. The zero-order chi connectivity index (χ0) is 34.6. The van der Waals surface area contributed by atoms with Crippen LogP contribution < -0.4 is 0 Å². The predicted molar refractivity (Wildman–Crippen MR) is 222 cm³/mol. The standard InChI is InChI=1S/C51H37N/c1-51(2)46-30-36(42-22-10-16-33-13-4-7-19-39(33)42)25-27-49(46)52-48-26-24-35(41-21-9-15-32-12-3-6-18-38(32)41)28-44(48)45-29-37(31-47(51)50(45)52)43-23-11-17-34-14-5-8-20-40(34)43/h4-11,13-31H,3,12H2,1-2H3. The van der Waals surface area contributed by atoms with E-state index in [0.717, 1.165) is 12.8 Å². The van der Waals surface area contributed by atoms with Crippen molar-refractivity contribution in [2.45, 2.75) is 32.1 Å². The third-order valence-electron chi connectivity index (χ3n) is 12.0. The van der Waals surface area contributed by atoms with E-state index in [1.165, 1.54) is 105 Å². The highest BCUT2D eigenvalue weighted by Gasteiger charge is 2.36. The summed E-state index contributed by atoms with van der Waals surface area (Å²) in [6, 6.07) is 57.1. The van der Waals surface area contributed by atoms with E-state index in [-0.39, 0.29) is 5.41 Å². The Labute approximate surface area is 304 Å². The summed E-state index contributed by atoms with van der Waals surface area (Å²) in [5.74, 6) is 0. The third-order valence-corrected chi connectivity index (χ3v) is 12.0. The molecule has 1 nitrogen and oxygen atoms in total. The van der Waals surface area contributed by atoms with Crippen LogP contribution in [-0.2, 0) is 11.8 Å². The molecule has 2 heterocycles. The molecule has 1 aliphatic carbocycles. The maximum absolute atomic E-state index is 2.56. The van der Waals surface area contributed by atoms with E-state index < -0.39 is 0 Å². The van der Waals surface area contributed by atoms with Crippen LogP contribution in [0, 0.1) is 0 Å². The fourth-order valence-electron chi connectivity index (χ4n) is 9.42. The van der Waals surface area contributed by atoms with Crippen molar-refractivity contribution in [2.24, 2.45) is 0 Å². The topological polar surface area (TPSA) is 4.93 Å². The second-order valence-corrected chi connectivity index (χ2v) is 15.2. The molecule has 246 valence electrons. The van der Waals surface area contributed by atoms with E-state index in [2.05, 4.69) is 182 Å². The molecule has 52 heavy (non-hydrogen) atoms. The van der Waals surface area contributed by atoms with Gasteiger partial charge in [0.15, 0.2) is 0 Å². The normalized spacial score (nSPS) is 14.3. The van der Waals surface area contributed by atoms with Crippen LogP contribution in [0.25, 0.3) is 88.5 Å². The number of benzene rings is 8. The molecule has 1 aromatic heterocycles. The molecule has 0 fully saturated rings. The highest BCUT2D eigenvalue weighted by Crippen LogP contribution is 2.51. The van der Waals surface area contributed by atoms with E-state index in [9.17, 15) is 0 Å². The van der Waals surface area contributed by atoms with Crippen molar-refractivity contribution in [3.05, 3.63) is 180 Å². The molecule has 1 heteroatoms. The summed E-state index contributed by atoms with van der Waals surface area (Å²) < 4.78 is 2.56. The van der Waals surface area contributed by atoms with Gasteiger partial charge in [-0.05, 0) is 126 Å². The Kier molecular flexibility index (Phi) is 6.20. The number of allylic oxidation sites excluding steroid dienone is 1. The van der Waals surface area contributed by atoms with Gasteiger partial charge >= 0.3 is 0 Å². The number of fused-ring (bicyclic) bond motifs is 8. The maximum atomic E-state index is 2.56. The van der Waals surface area contributed by atoms with Crippen molar-refractivity contribution in [3.8, 4) is 39.1 Å². The van der Waals surface area contributed by atoms with E-state index in [0.29, 0.717) is 0 Å². The van der Waals surface area contributed by atoms with Gasteiger partial charge in [-0.25, -0.2) is 0 Å². The zero-order valence-corrected chi connectivity index (χ0v) is 29.4. The number of hydrogen-bond donors (Lipinski definition) is 0. The second-order valence-electron chi connectivity index (χ2n) is 15.2. The van der Waals surface area contributed by atoms with Crippen molar-refractivity contribution < 1.29 is 0 Å². The Bertz CT molecular complexity index is 2970. The van der Waals surface area contributed by atoms with Crippen molar-refractivity contribution in [3.63, 3.8) is 0 Å². The molecule has 0 bridgehead atoms. The highest BCUT2D eigenvalue weighted by atomic mass is 15.0. The monoisotopic (exact) mass is 663 g/mol. The van der Waals surface area contributed by atoms with Gasteiger partial charge in [0.2, 0.25) is 0 Å². The van der Waals surface area contributed by atoms with E-state index in [1.54, 1.807) is 0 Å². The quantitative estimate of drug-likeness (QED) is 0.177. The molecule has 0 saturated carbocycles. The SMILES string of the molecule is CC1(C)c2cc(-c3cccc4ccccc34)ccc2-n2c3ccc(-c4cccc5c4C=CCC5)cc3c3cc(-c4cccc5ccccc45)cc1c32. The molecule has 9 aromatic rings. The first kappa shape index (κ1) is 29.5. The lowest BCUT2D eigenvalue weighted by Crippen LogP contribution is -2.26. The molecule has 0 atom stereocenters. The van der Waals surface area contributed by atoms with Gasteiger partial charge in [-0.1, -0.05) is 141 Å². The van der Waals surface area contributed by atoms with Crippen LogP contribution in [-0.4, -0.2) is 4.57 Å². The average molecular weight is 664 g/mol. The Morgan fingerprint density at radius 3 is 1.90 bits per heavy atom. The van der Waals surface area contributed by atoms with E-state index in [1.807, 2.05) is 0 Å². The molecule has 2 aliphatic rings. The third kappa shape index (κ3) is 4.17.